The van der Waals surface area contributed by atoms with Gasteiger partial charge in [-0.25, -0.2) is 0 Å². The van der Waals surface area contributed by atoms with Crippen LogP contribution in [0, 0.1) is 5.92 Å². The molecule has 1 aromatic carbocycles. The molecule has 0 bridgehead atoms. The van der Waals surface area contributed by atoms with E-state index >= 15 is 0 Å². The standard InChI is InChI=1S/C20H30N2O/c1-14(2)17-6-5-7-18(15(3)4)19(17)21-10-12-22(13-11-21)20(23)16-8-9-16/h5-7,14-16H,8-13H2,1-4H3. The Hall–Kier alpha value is -1.51. The maximum atomic E-state index is 12.3. The smallest absolute Gasteiger partial charge is 0.225 e. The summed E-state index contributed by atoms with van der Waals surface area (Å²) in [5.74, 6) is 1.78. The third kappa shape index (κ3) is 3.39. The normalized spacial score (nSPS) is 18.9. The fraction of sp³-hybridized carbons (Fsp3) is 0.650. The molecule has 1 aliphatic carbocycles. The van der Waals surface area contributed by atoms with Crippen LogP contribution in [0.15, 0.2) is 18.2 Å². The van der Waals surface area contributed by atoms with E-state index < -0.39 is 0 Å². The van der Waals surface area contributed by atoms with Crippen molar-refractivity contribution in [2.45, 2.75) is 52.4 Å². The number of rotatable bonds is 4. The Morgan fingerprint density at radius 1 is 0.957 bits per heavy atom. The summed E-state index contributed by atoms with van der Waals surface area (Å²) in [5, 5.41) is 0. The molecular weight excluding hydrogens is 284 g/mol. The summed E-state index contributed by atoms with van der Waals surface area (Å²) in [6.07, 6.45) is 2.21. The van der Waals surface area contributed by atoms with Crippen molar-refractivity contribution < 1.29 is 4.79 Å². The van der Waals surface area contributed by atoms with Crippen molar-refractivity contribution >= 4 is 11.6 Å². The minimum atomic E-state index is 0.343. The highest BCUT2D eigenvalue weighted by Crippen LogP contribution is 2.36. The molecule has 0 spiro atoms. The number of nitrogens with zero attached hydrogens (tertiary/aromatic N) is 2. The van der Waals surface area contributed by atoms with E-state index in [1.54, 1.807) is 0 Å². The summed E-state index contributed by atoms with van der Waals surface area (Å²) in [6.45, 7) is 12.8. The van der Waals surface area contributed by atoms with Crippen molar-refractivity contribution in [1.29, 1.82) is 0 Å². The molecule has 23 heavy (non-hydrogen) atoms. The number of benzene rings is 1. The van der Waals surface area contributed by atoms with Gasteiger partial charge in [0.25, 0.3) is 0 Å². The lowest BCUT2D eigenvalue weighted by molar-refractivity contribution is -0.132. The Balaban J connectivity index is 1.80. The van der Waals surface area contributed by atoms with Crippen LogP contribution in [0.5, 0.6) is 0 Å². The largest absolute Gasteiger partial charge is 0.368 e. The molecule has 126 valence electrons. The first-order valence-corrected chi connectivity index (χ1v) is 9.15. The van der Waals surface area contributed by atoms with E-state index in [4.69, 9.17) is 0 Å². The van der Waals surface area contributed by atoms with Crippen molar-refractivity contribution in [2.75, 3.05) is 31.1 Å². The molecule has 0 N–H and O–H groups in total. The van der Waals surface area contributed by atoms with Gasteiger partial charge in [-0.3, -0.25) is 4.79 Å². The fourth-order valence-electron chi connectivity index (χ4n) is 3.62. The van der Waals surface area contributed by atoms with Crippen LogP contribution < -0.4 is 4.90 Å². The van der Waals surface area contributed by atoms with Crippen molar-refractivity contribution in [3.63, 3.8) is 0 Å². The summed E-state index contributed by atoms with van der Waals surface area (Å²) < 4.78 is 0. The van der Waals surface area contributed by atoms with Crippen LogP contribution in [-0.2, 0) is 4.79 Å². The van der Waals surface area contributed by atoms with Gasteiger partial charge in [0.2, 0.25) is 5.91 Å². The predicted molar refractivity (Wildman–Crippen MR) is 96.1 cm³/mol. The molecule has 1 amide bonds. The van der Waals surface area contributed by atoms with Gasteiger partial charge in [0.1, 0.15) is 0 Å². The van der Waals surface area contributed by atoms with Gasteiger partial charge in [-0.05, 0) is 35.8 Å². The van der Waals surface area contributed by atoms with Gasteiger partial charge in [-0.1, -0.05) is 45.9 Å². The predicted octanol–water partition coefficient (Wildman–Crippen LogP) is 3.99. The van der Waals surface area contributed by atoms with Crippen LogP contribution >= 0.6 is 0 Å². The zero-order chi connectivity index (χ0) is 16.6. The van der Waals surface area contributed by atoms with Crippen LogP contribution in [-0.4, -0.2) is 37.0 Å². The molecule has 1 saturated heterocycles. The third-order valence-electron chi connectivity index (χ3n) is 5.18. The second-order valence-electron chi connectivity index (χ2n) is 7.68. The highest BCUT2D eigenvalue weighted by Gasteiger charge is 2.35. The molecule has 2 fully saturated rings. The van der Waals surface area contributed by atoms with Crippen LogP contribution in [0.1, 0.15) is 63.5 Å². The van der Waals surface area contributed by atoms with Gasteiger partial charge in [0.05, 0.1) is 0 Å². The highest BCUT2D eigenvalue weighted by atomic mass is 16.2. The van der Waals surface area contributed by atoms with E-state index in [1.165, 1.54) is 16.8 Å². The van der Waals surface area contributed by atoms with E-state index in [2.05, 4.69) is 55.7 Å². The summed E-state index contributed by atoms with van der Waals surface area (Å²) >= 11 is 0. The minimum Gasteiger partial charge on any atom is -0.368 e. The summed E-state index contributed by atoms with van der Waals surface area (Å²) in [4.78, 5) is 16.9. The summed E-state index contributed by atoms with van der Waals surface area (Å²) in [7, 11) is 0. The summed E-state index contributed by atoms with van der Waals surface area (Å²) in [6, 6.07) is 6.74. The second kappa shape index (κ2) is 6.54. The van der Waals surface area contributed by atoms with Gasteiger partial charge in [0.15, 0.2) is 0 Å². The molecule has 1 heterocycles. The number of para-hydroxylation sites is 1. The van der Waals surface area contributed by atoms with Gasteiger partial charge in [0, 0.05) is 37.8 Å². The van der Waals surface area contributed by atoms with Gasteiger partial charge in [-0.2, -0.15) is 0 Å². The summed E-state index contributed by atoms with van der Waals surface area (Å²) in [5.41, 5.74) is 4.31. The molecule has 0 aromatic heterocycles. The zero-order valence-electron chi connectivity index (χ0n) is 15.0. The first-order chi connectivity index (χ1) is 11.0. The number of hydrogen-bond donors (Lipinski definition) is 0. The lowest BCUT2D eigenvalue weighted by atomic mass is 9.91. The van der Waals surface area contributed by atoms with E-state index in [1.807, 2.05) is 0 Å². The molecule has 1 aliphatic heterocycles. The number of hydrogen-bond acceptors (Lipinski definition) is 2. The topological polar surface area (TPSA) is 23.6 Å². The molecular formula is C20H30N2O. The molecule has 2 aliphatic rings. The molecule has 3 heteroatoms. The quantitative estimate of drug-likeness (QED) is 0.839. The van der Waals surface area contributed by atoms with Crippen LogP contribution in [0.3, 0.4) is 0 Å². The lowest BCUT2D eigenvalue weighted by Gasteiger charge is -2.39. The first kappa shape index (κ1) is 16.4. The van der Waals surface area contributed by atoms with E-state index in [9.17, 15) is 4.79 Å². The Morgan fingerprint density at radius 3 is 1.91 bits per heavy atom. The van der Waals surface area contributed by atoms with Crippen molar-refractivity contribution in [3.8, 4) is 0 Å². The van der Waals surface area contributed by atoms with Crippen molar-refractivity contribution in [2.24, 2.45) is 5.92 Å². The lowest BCUT2D eigenvalue weighted by Crippen LogP contribution is -2.49. The fourth-order valence-corrected chi connectivity index (χ4v) is 3.62. The van der Waals surface area contributed by atoms with Crippen molar-refractivity contribution in [3.05, 3.63) is 29.3 Å². The van der Waals surface area contributed by atoms with Gasteiger partial charge >= 0.3 is 0 Å². The molecule has 0 unspecified atom stereocenters. The monoisotopic (exact) mass is 314 g/mol. The Kier molecular flexibility index (Phi) is 4.65. The minimum absolute atomic E-state index is 0.343. The molecule has 3 rings (SSSR count). The average molecular weight is 314 g/mol. The van der Waals surface area contributed by atoms with E-state index in [0.717, 1.165) is 39.0 Å². The number of carbonyl (C=O) groups is 1. The van der Waals surface area contributed by atoms with Crippen LogP contribution in [0.25, 0.3) is 0 Å². The Labute approximate surface area is 140 Å². The highest BCUT2D eigenvalue weighted by molar-refractivity contribution is 5.81. The van der Waals surface area contributed by atoms with E-state index in [0.29, 0.717) is 23.7 Å². The van der Waals surface area contributed by atoms with Crippen LogP contribution in [0.4, 0.5) is 5.69 Å². The Morgan fingerprint density at radius 2 is 1.48 bits per heavy atom. The number of anilines is 1. The SMILES string of the molecule is CC(C)c1cccc(C(C)C)c1N1CCN(C(=O)C2CC2)CC1. The zero-order valence-corrected chi connectivity index (χ0v) is 15.0. The number of amides is 1. The number of carbonyl (C=O) groups excluding carboxylic acids is 1. The van der Waals surface area contributed by atoms with Crippen LogP contribution in [0.2, 0.25) is 0 Å². The molecule has 3 nitrogen and oxygen atoms in total. The maximum absolute atomic E-state index is 12.3. The van der Waals surface area contributed by atoms with Gasteiger partial charge < -0.3 is 9.80 Å². The van der Waals surface area contributed by atoms with Gasteiger partial charge in [-0.15, -0.1) is 0 Å². The Bertz CT molecular complexity index is 541. The molecule has 0 atom stereocenters. The molecule has 1 aromatic rings. The number of piperazine rings is 1. The molecule has 0 radical (unpaired) electrons. The molecule has 1 saturated carbocycles. The average Bonchev–Trinajstić information content (AvgIpc) is 3.38. The maximum Gasteiger partial charge on any atom is 0.225 e. The van der Waals surface area contributed by atoms with Crippen molar-refractivity contribution in [1.82, 2.24) is 4.90 Å². The second-order valence-corrected chi connectivity index (χ2v) is 7.68. The third-order valence-corrected chi connectivity index (χ3v) is 5.18. The van der Waals surface area contributed by atoms with E-state index in [-0.39, 0.29) is 0 Å². The first-order valence-electron chi connectivity index (χ1n) is 9.15.